The van der Waals surface area contributed by atoms with Crippen LogP contribution in [0.3, 0.4) is 0 Å². The van der Waals surface area contributed by atoms with Crippen molar-refractivity contribution in [1.29, 1.82) is 0 Å². The molecule has 1 amide bonds. The number of ether oxygens (including phenoxy) is 1. The van der Waals surface area contributed by atoms with Crippen LogP contribution in [-0.4, -0.2) is 26.4 Å². The molecular weight excluding hydrogens is 559 g/mol. The summed E-state index contributed by atoms with van der Waals surface area (Å²) in [5.74, 6) is 1.36. The van der Waals surface area contributed by atoms with Gasteiger partial charge in [0.1, 0.15) is 12.4 Å². The van der Waals surface area contributed by atoms with Crippen LogP contribution >= 0.6 is 50.9 Å². The number of carbonyl (C=O) groups excluding carboxylic acids is 1. The lowest BCUT2D eigenvalue weighted by atomic mass is 10.2. The fourth-order valence-electron chi connectivity index (χ4n) is 3.04. The molecule has 0 atom stereocenters. The van der Waals surface area contributed by atoms with Gasteiger partial charge in [0, 0.05) is 10.2 Å². The highest BCUT2D eigenvalue weighted by atomic mass is 79.9. The number of aromatic nitrogens is 3. The Morgan fingerprint density at radius 3 is 2.50 bits per heavy atom. The second kappa shape index (κ2) is 11.8. The molecule has 0 radical (unpaired) electrons. The van der Waals surface area contributed by atoms with Gasteiger partial charge >= 0.3 is 0 Å². The van der Waals surface area contributed by atoms with Crippen LogP contribution in [-0.2, 0) is 17.9 Å². The summed E-state index contributed by atoms with van der Waals surface area (Å²) in [6.07, 6.45) is 0. The molecule has 10 heteroatoms. The first kappa shape index (κ1) is 24.6. The topological polar surface area (TPSA) is 69.0 Å². The van der Waals surface area contributed by atoms with E-state index >= 15 is 0 Å². The number of halogens is 3. The molecule has 1 aromatic heterocycles. The number of benzene rings is 3. The molecular formula is C24H19BrCl2N4O2S. The molecule has 0 fully saturated rings. The summed E-state index contributed by atoms with van der Waals surface area (Å²) in [5, 5.41) is 12.9. The lowest BCUT2D eigenvalue weighted by molar-refractivity contribution is -0.113. The van der Waals surface area contributed by atoms with Crippen molar-refractivity contribution in [1.82, 2.24) is 14.8 Å². The summed E-state index contributed by atoms with van der Waals surface area (Å²) in [4.78, 5) is 12.5. The van der Waals surface area contributed by atoms with Crippen LogP contribution in [0.2, 0.25) is 10.0 Å². The maximum Gasteiger partial charge on any atom is 0.234 e. The largest absolute Gasteiger partial charge is 0.486 e. The Morgan fingerprint density at radius 2 is 1.76 bits per heavy atom. The van der Waals surface area contributed by atoms with Gasteiger partial charge < -0.3 is 10.1 Å². The zero-order chi connectivity index (χ0) is 23.9. The molecule has 3 aromatic carbocycles. The first-order valence-corrected chi connectivity index (χ1v) is 12.7. The number of hydrogen-bond acceptors (Lipinski definition) is 5. The highest BCUT2D eigenvalue weighted by molar-refractivity contribution is 9.10. The average Bonchev–Trinajstić information content (AvgIpc) is 3.21. The van der Waals surface area contributed by atoms with Gasteiger partial charge in [0.25, 0.3) is 0 Å². The van der Waals surface area contributed by atoms with Crippen molar-refractivity contribution in [2.75, 3.05) is 11.1 Å². The highest BCUT2D eigenvalue weighted by Gasteiger charge is 2.16. The van der Waals surface area contributed by atoms with Crippen LogP contribution < -0.4 is 10.1 Å². The minimum atomic E-state index is -0.190. The van der Waals surface area contributed by atoms with E-state index in [9.17, 15) is 4.79 Å². The Morgan fingerprint density at radius 1 is 1.00 bits per heavy atom. The molecule has 0 aliphatic carbocycles. The Balaban J connectivity index is 1.46. The molecule has 4 rings (SSSR count). The predicted molar refractivity (Wildman–Crippen MR) is 140 cm³/mol. The van der Waals surface area contributed by atoms with Gasteiger partial charge in [-0.15, -0.1) is 10.2 Å². The van der Waals surface area contributed by atoms with Crippen LogP contribution in [0.4, 0.5) is 5.69 Å². The van der Waals surface area contributed by atoms with Gasteiger partial charge in [-0.25, -0.2) is 0 Å². The molecule has 6 nitrogen and oxygen atoms in total. The molecule has 1 heterocycles. The lowest BCUT2D eigenvalue weighted by Gasteiger charge is -2.12. The number of nitrogens with zero attached hydrogens (tertiary/aromatic N) is 3. The van der Waals surface area contributed by atoms with E-state index in [-0.39, 0.29) is 18.3 Å². The van der Waals surface area contributed by atoms with Gasteiger partial charge in [0.2, 0.25) is 5.91 Å². The molecule has 174 valence electrons. The fourth-order valence-corrected chi connectivity index (χ4v) is 4.36. The summed E-state index contributed by atoms with van der Waals surface area (Å²) in [7, 11) is 0. The zero-order valence-electron chi connectivity index (χ0n) is 17.7. The van der Waals surface area contributed by atoms with Crippen molar-refractivity contribution >= 4 is 62.5 Å². The summed E-state index contributed by atoms with van der Waals surface area (Å²) in [6.45, 7) is 0.807. The van der Waals surface area contributed by atoms with Gasteiger partial charge in [0.05, 0.1) is 22.3 Å². The molecule has 4 aromatic rings. The van der Waals surface area contributed by atoms with Gasteiger partial charge in [-0.3, -0.25) is 9.36 Å². The summed E-state index contributed by atoms with van der Waals surface area (Å²) in [5.41, 5.74) is 1.67. The maximum absolute atomic E-state index is 12.5. The van der Waals surface area contributed by atoms with E-state index in [1.165, 1.54) is 11.8 Å². The van der Waals surface area contributed by atoms with Crippen LogP contribution in [0.25, 0.3) is 0 Å². The van der Waals surface area contributed by atoms with Gasteiger partial charge in [-0.2, -0.15) is 0 Å². The van der Waals surface area contributed by atoms with Crippen molar-refractivity contribution in [3.05, 3.63) is 98.7 Å². The van der Waals surface area contributed by atoms with Gasteiger partial charge in [-0.1, -0.05) is 81.2 Å². The average molecular weight is 578 g/mol. The quantitative estimate of drug-likeness (QED) is 0.224. The number of thioether (sulfide) groups is 1. The van der Waals surface area contributed by atoms with Crippen LogP contribution in [0.5, 0.6) is 5.75 Å². The zero-order valence-corrected chi connectivity index (χ0v) is 21.7. The van der Waals surface area contributed by atoms with Crippen molar-refractivity contribution < 1.29 is 9.53 Å². The van der Waals surface area contributed by atoms with E-state index in [0.717, 1.165) is 15.8 Å². The summed E-state index contributed by atoms with van der Waals surface area (Å²) in [6, 6.07) is 22.5. The van der Waals surface area contributed by atoms with Crippen LogP contribution in [0.15, 0.2) is 82.4 Å². The van der Waals surface area contributed by atoms with E-state index in [1.807, 2.05) is 59.2 Å². The Hall–Kier alpha value is -2.52. The minimum absolute atomic E-state index is 0.154. The first-order valence-electron chi connectivity index (χ1n) is 10.2. The molecule has 0 aliphatic rings. The third-order valence-electron chi connectivity index (χ3n) is 4.69. The smallest absolute Gasteiger partial charge is 0.234 e. The number of nitrogens with one attached hydrogen (secondary N) is 1. The Labute approximate surface area is 219 Å². The number of carbonyl (C=O) groups is 1. The second-order valence-electron chi connectivity index (χ2n) is 7.18. The predicted octanol–water partition coefficient (Wildman–Crippen LogP) is 6.71. The maximum atomic E-state index is 12.5. The standard InChI is InChI=1S/C24H19BrCl2N4O2S/c25-17-6-9-19(10-7-17)33-14-22-29-30-24(31(22)13-16-4-2-1-3-5-16)34-15-23(32)28-18-8-11-20(26)21(27)12-18/h1-12H,13-15H2,(H,28,32). The first-order chi connectivity index (χ1) is 16.5. The SMILES string of the molecule is O=C(CSc1nnc(COc2ccc(Br)cc2)n1Cc1ccccc1)Nc1ccc(Cl)c(Cl)c1. The summed E-state index contributed by atoms with van der Waals surface area (Å²) < 4.78 is 8.85. The third-order valence-corrected chi connectivity index (χ3v) is 6.93. The highest BCUT2D eigenvalue weighted by Crippen LogP contribution is 2.26. The van der Waals surface area contributed by atoms with E-state index in [4.69, 9.17) is 27.9 Å². The Bertz CT molecular complexity index is 1270. The molecule has 0 saturated heterocycles. The van der Waals surface area contributed by atoms with Crippen molar-refractivity contribution in [3.63, 3.8) is 0 Å². The van der Waals surface area contributed by atoms with E-state index in [2.05, 4.69) is 31.4 Å². The summed E-state index contributed by atoms with van der Waals surface area (Å²) >= 11 is 16.7. The van der Waals surface area contributed by atoms with Crippen LogP contribution in [0.1, 0.15) is 11.4 Å². The second-order valence-corrected chi connectivity index (χ2v) is 9.85. The third kappa shape index (κ3) is 6.76. The molecule has 0 aliphatic heterocycles. The van der Waals surface area contributed by atoms with Crippen molar-refractivity contribution in [3.8, 4) is 5.75 Å². The minimum Gasteiger partial charge on any atom is -0.486 e. The normalized spacial score (nSPS) is 10.8. The molecule has 0 saturated carbocycles. The van der Waals surface area contributed by atoms with E-state index in [0.29, 0.717) is 33.3 Å². The molecule has 0 unspecified atom stereocenters. The number of anilines is 1. The Kier molecular flexibility index (Phi) is 8.50. The fraction of sp³-hybridized carbons (Fsp3) is 0.125. The number of hydrogen-bond donors (Lipinski definition) is 1. The van der Waals surface area contributed by atoms with Gasteiger partial charge in [0.15, 0.2) is 11.0 Å². The molecule has 1 N–H and O–H groups in total. The lowest BCUT2D eigenvalue weighted by Crippen LogP contribution is -2.15. The van der Waals surface area contributed by atoms with Gasteiger partial charge in [-0.05, 0) is 48.0 Å². The molecule has 34 heavy (non-hydrogen) atoms. The van der Waals surface area contributed by atoms with Crippen molar-refractivity contribution in [2.24, 2.45) is 0 Å². The van der Waals surface area contributed by atoms with E-state index in [1.54, 1.807) is 18.2 Å². The van der Waals surface area contributed by atoms with Crippen molar-refractivity contribution in [2.45, 2.75) is 18.3 Å². The molecule has 0 spiro atoms. The number of rotatable bonds is 9. The monoisotopic (exact) mass is 576 g/mol. The van der Waals surface area contributed by atoms with Crippen LogP contribution in [0, 0.1) is 0 Å². The molecule has 0 bridgehead atoms. The van der Waals surface area contributed by atoms with E-state index < -0.39 is 0 Å². The number of amides is 1.